The molecule has 0 aliphatic rings. The van der Waals surface area contributed by atoms with Gasteiger partial charge in [0.1, 0.15) is 16.4 Å². The van der Waals surface area contributed by atoms with E-state index in [1.165, 1.54) is 0 Å². The summed E-state index contributed by atoms with van der Waals surface area (Å²) < 4.78 is 5.73. The highest BCUT2D eigenvalue weighted by Crippen LogP contribution is 2.36. The van der Waals surface area contributed by atoms with Crippen molar-refractivity contribution in [3.8, 4) is 10.6 Å². The van der Waals surface area contributed by atoms with Crippen LogP contribution in [0.5, 0.6) is 0 Å². The Morgan fingerprint density at radius 2 is 2.18 bits per heavy atom. The molecular weight excluding hydrogens is 232 g/mol. The monoisotopic (exact) mass is 244 g/mol. The Morgan fingerprint density at radius 1 is 1.35 bits per heavy atom. The number of rotatable bonds is 2. The summed E-state index contributed by atoms with van der Waals surface area (Å²) in [5.41, 5.74) is 7.61. The van der Waals surface area contributed by atoms with E-state index in [4.69, 9.17) is 10.2 Å². The molecule has 2 aromatic heterocycles. The van der Waals surface area contributed by atoms with E-state index in [0.717, 1.165) is 32.2 Å². The molecule has 0 spiro atoms. The lowest BCUT2D eigenvalue weighted by Gasteiger charge is -1.93. The molecule has 1 aromatic carbocycles. The standard InChI is InChI=1S/C13H12N2OS/c1-8-12(13-15-7-9(6-14)17-13)10-4-2-3-5-11(10)16-8/h2-5,7H,6,14H2,1H3. The van der Waals surface area contributed by atoms with Crippen molar-refractivity contribution in [3.63, 3.8) is 0 Å². The van der Waals surface area contributed by atoms with Gasteiger partial charge in [0.2, 0.25) is 0 Å². The molecule has 0 aliphatic carbocycles. The molecule has 3 aromatic rings. The van der Waals surface area contributed by atoms with Crippen molar-refractivity contribution in [1.29, 1.82) is 0 Å². The number of para-hydroxylation sites is 1. The third kappa shape index (κ3) is 1.66. The van der Waals surface area contributed by atoms with E-state index in [2.05, 4.69) is 11.1 Å². The van der Waals surface area contributed by atoms with Gasteiger partial charge < -0.3 is 10.2 Å². The van der Waals surface area contributed by atoms with E-state index in [9.17, 15) is 0 Å². The Labute approximate surface area is 103 Å². The molecule has 2 N–H and O–H groups in total. The number of nitrogens with zero attached hydrogens (tertiary/aromatic N) is 1. The first kappa shape index (κ1) is 10.5. The van der Waals surface area contributed by atoms with Gasteiger partial charge in [-0.2, -0.15) is 0 Å². The van der Waals surface area contributed by atoms with Crippen LogP contribution < -0.4 is 5.73 Å². The molecule has 4 heteroatoms. The first-order valence-electron chi connectivity index (χ1n) is 5.43. The maximum absolute atomic E-state index is 5.73. The lowest BCUT2D eigenvalue weighted by atomic mass is 10.1. The average molecular weight is 244 g/mol. The number of nitrogens with two attached hydrogens (primary N) is 1. The predicted molar refractivity (Wildman–Crippen MR) is 70.0 cm³/mol. The van der Waals surface area contributed by atoms with Gasteiger partial charge in [0, 0.05) is 23.0 Å². The Balaban J connectivity index is 2.25. The fraction of sp³-hybridized carbons (Fsp3) is 0.154. The van der Waals surface area contributed by atoms with Crippen molar-refractivity contribution in [2.45, 2.75) is 13.5 Å². The van der Waals surface area contributed by atoms with Gasteiger partial charge in [0.05, 0.1) is 5.56 Å². The van der Waals surface area contributed by atoms with Crippen LogP contribution in [-0.4, -0.2) is 4.98 Å². The highest BCUT2D eigenvalue weighted by molar-refractivity contribution is 7.15. The highest BCUT2D eigenvalue weighted by atomic mass is 32.1. The molecule has 0 fully saturated rings. The minimum absolute atomic E-state index is 0.534. The van der Waals surface area contributed by atoms with E-state index in [1.807, 2.05) is 31.3 Å². The van der Waals surface area contributed by atoms with Crippen molar-refractivity contribution < 1.29 is 4.42 Å². The second-order valence-electron chi connectivity index (χ2n) is 3.87. The Hall–Kier alpha value is -1.65. The third-order valence-electron chi connectivity index (χ3n) is 2.74. The van der Waals surface area contributed by atoms with Crippen LogP contribution >= 0.6 is 11.3 Å². The summed E-state index contributed by atoms with van der Waals surface area (Å²) in [5.74, 6) is 0.907. The number of aryl methyl sites for hydroxylation is 1. The van der Waals surface area contributed by atoms with Gasteiger partial charge in [-0.25, -0.2) is 4.98 Å². The van der Waals surface area contributed by atoms with Gasteiger partial charge in [0.25, 0.3) is 0 Å². The summed E-state index contributed by atoms with van der Waals surface area (Å²) in [5, 5.41) is 2.09. The lowest BCUT2D eigenvalue weighted by molar-refractivity contribution is 0.580. The molecule has 0 saturated heterocycles. The molecule has 0 atom stereocenters. The van der Waals surface area contributed by atoms with Crippen molar-refractivity contribution in [2.24, 2.45) is 5.73 Å². The Morgan fingerprint density at radius 3 is 2.94 bits per heavy atom. The number of furan rings is 1. The molecule has 0 bridgehead atoms. The number of benzene rings is 1. The molecule has 3 nitrogen and oxygen atoms in total. The molecule has 0 unspecified atom stereocenters. The molecule has 0 aliphatic heterocycles. The zero-order valence-electron chi connectivity index (χ0n) is 9.43. The first-order valence-corrected chi connectivity index (χ1v) is 6.24. The fourth-order valence-corrected chi connectivity index (χ4v) is 2.85. The molecule has 0 saturated carbocycles. The van der Waals surface area contributed by atoms with Gasteiger partial charge in [-0.1, -0.05) is 18.2 Å². The van der Waals surface area contributed by atoms with E-state index in [0.29, 0.717) is 6.54 Å². The summed E-state index contributed by atoms with van der Waals surface area (Å²) in [7, 11) is 0. The summed E-state index contributed by atoms with van der Waals surface area (Å²) in [6, 6.07) is 8.02. The molecule has 2 heterocycles. The summed E-state index contributed by atoms with van der Waals surface area (Å²) in [4.78, 5) is 5.51. The second-order valence-corrected chi connectivity index (χ2v) is 4.98. The first-order chi connectivity index (χ1) is 8.29. The van der Waals surface area contributed by atoms with Gasteiger partial charge >= 0.3 is 0 Å². The number of thiazole rings is 1. The zero-order valence-corrected chi connectivity index (χ0v) is 10.3. The molecule has 86 valence electrons. The largest absolute Gasteiger partial charge is 0.461 e. The van der Waals surface area contributed by atoms with Crippen LogP contribution in [-0.2, 0) is 6.54 Å². The Kier molecular flexibility index (Phi) is 2.46. The van der Waals surface area contributed by atoms with Crippen LogP contribution in [0.4, 0.5) is 0 Å². The van der Waals surface area contributed by atoms with E-state index >= 15 is 0 Å². The Bertz CT molecular complexity index is 669. The van der Waals surface area contributed by atoms with E-state index in [1.54, 1.807) is 11.3 Å². The van der Waals surface area contributed by atoms with Crippen molar-refractivity contribution in [3.05, 3.63) is 41.1 Å². The van der Waals surface area contributed by atoms with Crippen LogP contribution in [0.25, 0.3) is 21.5 Å². The SMILES string of the molecule is Cc1oc2ccccc2c1-c1ncc(CN)s1. The predicted octanol–water partition coefficient (Wildman–Crippen LogP) is 3.32. The third-order valence-corrected chi connectivity index (χ3v) is 3.78. The highest BCUT2D eigenvalue weighted by Gasteiger charge is 2.15. The van der Waals surface area contributed by atoms with E-state index < -0.39 is 0 Å². The van der Waals surface area contributed by atoms with Crippen LogP contribution in [0.1, 0.15) is 10.6 Å². The topological polar surface area (TPSA) is 52.0 Å². The number of hydrogen-bond donors (Lipinski definition) is 1. The fourth-order valence-electron chi connectivity index (χ4n) is 1.95. The minimum Gasteiger partial charge on any atom is -0.461 e. The normalized spacial score (nSPS) is 11.2. The van der Waals surface area contributed by atoms with Crippen LogP contribution in [0, 0.1) is 6.92 Å². The number of hydrogen-bond acceptors (Lipinski definition) is 4. The van der Waals surface area contributed by atoms with E-state index in [-0.39, 0.29) is 0 Å². The molecule has 17 heavy (non-hydrogen) atoms. The van der Waals surface area contributed by atoms with Gasteiger partial charge in [-0.05, 0) is 13.0 Å². The van der Waals surface area contributed by atoms with Crippen LogP contribution in [0.3, 0.4) is 0 Å². The quantitative estimate of drug-likeness (QED) is 0.752. The van der Waals surface area contributed by atoms with Gasteiger partial charge in [0.15, 0.2) is 0 Å². The molecule has 0 amide bonds. The summed E-state index contributed by atoms with van der Waals surface area (Å²) in [6.07, 6.45) is 1.83. The van der Waals surface area contributed by atoms with Gasteiger partial charge in [-0.15, -0.1) is 11.3 Å². The van der Waals surface area contributed by atoms with Crippen LogP contribution in [0.15, 0.2) is 34.9 Å². The second kappa shape index (κ2) is 3.98. The number of aromatic nitrogens is 1. The minimum atomic E-state index is 0.534. The average Bonchev–Trinajstić information content (AvgIpc) is 2.91. The van der Waals surface area contributed by atoms with Crippen molar-refractivity contribution in [1.82, 2.24) is 4.98 Å². The molecule has 3 rings (SSSR count). The van der Waals surface area contributed by atoms with Crippen LogP contribution in [0.2, 0.25) is 0 Å². The summed E-state index contributed by atoms with van der Waals surface area (Å²) in [6.45, 7) is 2.51. The number of fused-ring (bicyclic) bond motifs is 1. The maximum Gasteiger partial charge on any atom is 0.135 e. The van der Waals surface area contributed by atoms with Crippen molar-refractivity contribution in [2.75, 3.05) is 0 Å². The molecule has 0 radical (unpaired) electrons. The smallest absolute Gasteiger partial charge is 0.135 e. The lowest BCUT2D eigenvalue weighted by Crippen LogP contribution is -1.91. The summed E-state index contributed by atoms with van der Waals surface area (Å²) >= 11 is 1.62. The maximum atomic E-state index is 5.73. The van der Waals surface area contributed by atoms with Gasteiger partial charge in [-0.3, -0.25) is 0 Å². The zero-order chi connectivity index (χ0) is 11.8. The molecular formula is C13H12N2OS. The van der Waals surface area contributed by atoms with Crippen molar-refractivity contribution >= 4 is 22.3 Å².